The molecule has 190 valence electrons. The molecule has 9 rings (SSSR count). The van der Waals surface area contributed by atoms with Gasteiger partial charge in [-0.05, 0) is 44.1 Å². The Morgan fingerprint density at radius 3 is 1.56 bits per heavy atom. The highest BCUT2D eigenvalue weighted by Crippen LogP contribution is 2.47. The van der Waals surface area contributed by atoms with Crippen molar-refractivity contribution >= 4 is 59.5 Å². The first-order chi connectivity index (χ1) is 20.4. The number of nitrogens with zero attached hydrogens (tertiary/aromatic N) is 1. The van der Waals surface area contributed by atoms with Gasteiger partial charge in [-0.25, -0.2) is 0 Å². The molecular weight excluding hydrogens is 494 g/mol. The molecule has 0 unspecified atom stereocenters. The van der Waals surface area contributed by atoms with Gasteiger partial charge in [-0.15, -0.1) is 0 Å². The van der Waals surface area contributed by atoms with Gasteiger partial charge < -0.3 is 4.40 Å². The van der Waals surface area contributed by atoms with Gasteiger partial charge in [-0.1, -0.05) is 146 Å². The van der Waals surface area contributed by atoms with Crippen LogP contribution >= 0.6 is 0 Å². The molecule has 1 nitrogen and oxygen atoms in total. The van der Waals surface area contributed by atoms with E-state index in [0.717, 1.165) is 0 Å². The molecule has 41 heavy (non-hydrogen) atoms. The quantitative estimate of drug-likeness (QED) is 0.200. The van der Waals surface area contributed by atoms with Crippen LogP contribution in [0.3, 0.4) is 0 Å². The Balaban J connectivity index is 1.70. The van der Waals surface area contributed by atoms with Gasteiger partial charge >= 0.3 is 0 Å². The van der Waals surface area contributed by atoms with Crippen molar-refractivity contribution in [1.29, 1.82) is 0 Å². The minimum atomic E-state index is 1.21. The average molecular weight is 520 g/mol. The highest BCUT2D eigenvalue weighted by atomic mass is 14.9. The summed E-state index contributed by atoms with van der Waals surface area (Å²) in [6.45, 7) is 0. The number of pyridine rings is 1. The molecule has 0 bridgehead atoms. The van der Waals surface area contributed by atoms with Crippen LogP contribution < -0.4 is 0 Å². The molecule has 0 amide bonds. The molecule has 7 aromatic carbocycles. The first-order valence-corrected chi connectivity index (χ1v) is 14.2. The molecule has 2 aromatic heterocycles. The van der Waals surface area contributed by atoms with E-state index in [-0.39, 0.29) is 0 Å². The fourth-order valence-corrected chi connectivity index (χ4v) is 7.01. The molecule has 1 heteroatoms. The number of benzene rings is 7. The summed E-state index contributed by atoms with van der Waals surface area (Å²) in [7, 11) is 0. The monoisotopic (exact) mass is 519 g/mol. The topological polar surface area (TPSA) is 4.41 Å². The third kappa shape index (κ3) is 3.12. The molecule has 0 aliphatic carbocycles. The van der Waals surface area contributed by atoms with Gasteiger partial charge in [0, 0.05) is 27.1 Å². The Bertz CT molecular complexity index is 2450. The fraction of sp³-hybridized carbons (Fsp3) is 0. The second-order valence-corrected chi connectivity index (χ2v) is 10.9. The summed E-state index contributed by atoms with van der Waals surface area (Å²) in [5.41, 5.74) is 7.42. The standard InChI is InChI=1S/C40H25N/c1-3-13-26(14-4-1)35-25-36(28-16-5-2-6-17-28)41-39-29-18-8-7-15-27(29)23-24-34(39)37-32-21-11-9-19-30(32)31-20-10-12-22-33(31)38(37)40(35)41/h1-25H. The van der Waals surface area contributed by atoms with E-state index < -0.39 is 0 Å². The lowest BCUT2D eigenvalue weighted by atomic mass is 9.90. The van der Waals surface area contributed by atoms with Gasteiger partial charge in [-0.3, -0.25) is 0 Å². The molecule has 0 spiro atoms. The zero-order chi connectivity index (χ0) is 26.9. The van der Waals surface area contributed by atoms with Gasteiger partial charge in [0.1, 0.15) is 0 Å². The van der Waals surface area contributed by atoms with Crippen LogP contribution in [0.5, 0.6) is 0 Å². The van der Waals surface area contributed by atoms with Crippen LogP contribution in [-0.2, 0) is 0 Å². The molecule has 0 N–H and O–H groups in total. The Hall–Kier alpha value is -5.40. The van der Waals surface area contributed by atoms with Crippen LogP contribution in [0, 0.1) is 0 Å². The number of rotatable bonds is 2. The van der Waals surface area contributed by atoms with Gasteiger partial charge in [0.15, 0.2) is 0 Å². The van der Waals surface area contributed by atoms with Crippen LogP contribution in [-0.4, -0.2) is 4.40 Å². The summed E-state index contributed by atoms with van der Waals surface area (Å²) in [6, 6.07) is 55.4. The molecule has 0 fully saturated rings. The first kappa shape index (κ1) is 22.4. The zero-order valence-electron chi connectivity index (χ0n) is 22.4. The maximum atomic E-state index is 2.55. The number of hydrogen-bond donors (Lipinski definition) is 0. The molecule has 9 aromatic rings. The maximum Gasteiger partial charge on any atom is 0.0626 e. The molecule has 0 radical (unpaired) electrons. The predicted octanol–water partition coefficient (Wildman–Crippen LogP) is 11.0. The van der Waals surface area contributed by atoms with Gasteiger partial charge in [-0.2, -0.15) is 0 Å². The minimum Gasteiger partial charge on any atom is -0.307 e. The summed E-state index contributed by atoms with van der Waals surface area (Å²) >= 11 is 0. The van der Waals surface area contributed by atoms with Crippen molar-refractivity contribution in [2.24, 2.45) is 0 Å². The summed E-state index contributed by atoms with van der Waals surface area (Å²) < 4.78 is 2.55. The summed E-state index contributed by atoms with van der Waals surface area (Å²) in [5, 5.41) is 11.6. The van der Waals surface area contributed by atoms with Gasteiger partial charge in [0.2, 0.25) is 0 Å². The normalized spacial score (nSPS) is 11.9. The van der Waals surface area contributed by atoms with Crippen LogP contribution in [0.2, 0.25) is 0 Å². The second kappa shape index (κ2) is 8.55. The van der Waals surface area contributed by atoms with Gasteiger partial charge in [0.05, 0.1) is 16.7 Å². The van der Waals surface area contributed by atoms with E-state index in [2.05, 4.69) is 156 Å². The van der Waals surface area contributed by atoms with E-state index in [1.807, 2.05) is 0 Å². The second-order valence-electron chi connectivity index (χ2n) is 10.9. The molecule has 0 saturated carbocycles. The van der Waals surface area contributed by atoms with E-state index in [1.165, 1.54) is 81.9 Å². The van der Waals surface area contributed by atoms with Crippen molar-refractivity contribution in [2.75, 3.05) is 0 Å². The highest BCUT2D eigenvalue weighted by Gasteiger charge is 2.23. The SMILES string of the molecule is c1ccc(-c2cc(-c3ccccc3)n3c2c2c4ccccc4c4ccccc4c2c2ccc4ccccc4c23)cc1. The van der Waals surface area contributed by atoms with Crippen molar-refractivity contribution < 1.29 is 0 Å². The van der Waals surface area contributed by atoms with Crippen molar-refractivity contribution in [3.63, 3.8) is 0 Å². The largest absolute Gasteiger partial charge is 0.307 e. The Kier molecular flexibility index (Phi) is 4.67. The molecule has 0 saturated heterocycles. The third-order valence-electron chi connectivity index (χ3n) is 8.72. The van der Waals surface area contributed by atoms with E-state index in [9.17, 15) is 0 Å². The number of fused-ring (bicyclic) bond motifs is 13. The molecule has 0 aliphatic heterocycles. The van der Waals surface area contributed by atoms with Crippen molar-refractivity contribution in [1.82, 2.24) is 4.40 Å². The third-order valence-corrected chi connectivity index (χ3v) is 8.72. The van der Waals surface area contributed by atoms with Crippen molar-refractivity contribution in [3.05, 3.63) is 152 Å². The zero-order valence-corrected chi connectivity index (χ0v) is 22.4. The predicted molar refractivity (Wildman–Crippen MR) is 176 cm³/mol. The van der Waals surface area contributed by atoms with Crippen LogP contribution in [0.4, 0.5) is 0 Å². The fourth-order valence-electron chi connectivity index (χ4n) is 7.01. The number of hydrogen-bond acceptors (Lipinski definition) is 0. The minimum absolute atomic E-state index is 1.21. The summed E-state index contributed by atoms with van der Waals surface area (Å²) in [6.07, 6.45) is 0. The Morgan fingerprint density at radius 2 is 0.878 bits per heavy atom. The van der Waals surface area contributed by atoms with Crippen molar-refractivity contribution in [3.8, 4) is 22.4 Å². The summed E-state index contributed by atoms with van der Waals surface area (Å²) in [5.74, 6) is 0. The molecule has 2 heterocycles. The van der Waals surface area contributed by atoms with Crippen LogP contribution in [0.25, 0.3) is 81.9 Å². The average Bonchev–Trinajstić information content (AvgIpc) is 3.46. The Labute approximate surface area is 237 Å². The molecular formula is C40H25N. The van der Waals surface area contributed by atoms with Crippen LogP contribution in [0.15, 0.2) is 152 Å². The molecule has 0 atom stereocenters. The lowest BCUT2D eigenvalue weighted by Crippen LogP contribution is -1.97. The lowest BCUT2D eigenvalue weighted by molar-refractivity contribution is 1.30. The summed E-state index contributed by atoms with van der Waals surface area (Å²) in [4.78, 5) is 0. The number of aromatic nitrogens is 1. The van der Waals surface area contributed by atoms with E-state index >= 15 is 0 Å². The smallest absolute Gasteiger partial charge is 0.0626 e. The molecule has 0 aliphatic rings. The first-order valence-electron chi connectivity index (χ1n) is 14.2. The van der Waals surface area contributed by atoms with E-state index in [1.54, 1.807) is 0 Å². The van der Waals surface area contributed by atoms with Crippen LogP contribution in [0.1, 0.15) is 0 Å². The van der Waals surface area contributed by atoms with E-state index in [4.69, 9.17) is 0 Å². The van der Waals surface area contributed by atoms with E-state index in [0.29, 0.717) is 0 Å². The lowest BCUT2D eigenvalue weighted by Gasteiger charge is -2.19. The van der Waals surface area contributed by atoms with Gasteiger partial charge in [0.25, 0.3) is 0 Å². The highest BCUT2D eigenvalue weighted by molar-refractivity contribution is 6.37. The maximum absolute atomic E-state index is 2.55. The Morgan fingerprint density at radius 1 is 0.341 bits per heavy atom. The van der Waals surface area contributed by atoms with Crippen molar-refractivity contribution in [2.45, 2.75) is 0 Å².